The Labute approximate surface area is 47.6 Å². The van der Waals surface area contributed by atoms with Crippen LogP contribution in [-0.4, -0.2) is 17.6 Å². The number of halogens is 1. The fraction of sp³-hybridized carbons (Fsp3) is 1.00. The van der Waals surface area contributed by atoms with Gasteiger partial charge in [0.25, 0.3) is 0 Å². The van der Waals surface area contributed by atoms with Gasteiger partial charge in [0.05, 0.1) is 11.5 Å². The Morgan fingerprint density at radius 3 is 2.29 bits per heavy atom. The largest absolute Gasteiger partial charge is 0.371 e. The molecule has 2 fully saturated rings. The molecule has 0 bridgehead atoms. The lowest BCUT2D eigenvalue weighted by Crippen LogP contribution is -2.05. The average Bonchev–Trinajstić information content (AvgIpc) is 2.14. The summed E-state index contributed by atoms with van der Waals surface area (Å²) < 4.78 is 5.00. The summed E-state index contributed by atoms with van der Waals surface area (Å²) in [6, 6.07) is 0. The minimum Gasteiger partial charge on any atom is -0.371 e. The Morgan fingerprint density at radius 2 is 2.14 bits per heavy atom. The molecular formula is C5H7ClO. The quantitative estimate of drug-likeness (QED) is 0.372. The first-order chi connectivity index (χ1) is 3.31. The zero-order chi connectivity index (χ0) is 4.91. The fourth-order valence-corrected chi connectivity index (χ4v) is 1.01. The Balaban J connectivity index is 2.04. The van der Waals surface area contributed by atoms with Gasteiger partial charge in [-0.1, -0.05) is 0 Å². The van der Waals surface area contributed by atoms with E-state index >= 15 is 0 Å². The maximum Gasteiger partial charge on any atom is 0.100 e. The van der Waals surface area contributed by atoms with Gasteiger partial charge in [-0.05, 0) is 12.8 Å². The summed E-state index contributed by atoms with van der Waals surface area (Å²) >= 11 is 5.92. The van der Waals surface area contributed by atoms with Gasteiger partial charge in [-0.2, -0.15) is 0 Å². The molecule has 1 unspecified atom stereocenters. The third-order valence-electron chi connectivity index (χ3n) is 1.64. The Bertz CT molecular complexity index is 94.3. The number of epoxide rings is 1. The van der Waals surface area contributed by atoms with Crippen LogP contribution in [0.2, 0.25) is 0 Å². The molecule has 2 rings (SSSR count). The van der Waals surface area contributed by atoms with Gasteiger partial charge in [0.2, 0.25) is 0 Å². The van der Waals surface area contributed by atoms with E-state index in [0.717, 1.165) is 6.61 Å². The third-order valence-corrected chi connectivity index (χ3v) is 2.26. The van der Waals surface area contributed by atoms with Crippen molar-refractivity contribution < 1.29 is 4.74 Å². The summed E-state index contributed by atoms with van der Waals surface area (Å²) in [5, 5.41) is 0. The van der Waals surface area contributed by atoms with E-state index in [1.165, 1.54) is 12.8 Å². The van der Waals surface area contributed by atoms with Crippen molar-refractivity contribution in [3.63, 3.8) is 0 Å². The summed E-state index contributed by atoms with van der Waals surface area (Å²) in [5.41, 5.74) is 0. The van der Waals surface area contributed by atoms with Crippen molar-refractivity contribution in [2.75, 3.05) is 6.61 Å². The lowest BCUT2D eigenvalue weighted by atomic mass is 10.3. The van der Waals surface area contributed by atoms with E-state index in [2.05, 4.69) is 0 Å². The van der Waals surface area contributed by atoms with Crippen LogP contribution >= 0.6 is 11.6 Å². The zero-order valence-electron chi connectivity index (χ0n) is 3.98. The molecule has 0 aromatic carbocycles. The molecule has 2 aliphatic rings. The Hall–Kier alpha value is 0.250. The van der Waals surface area contributed by atoms with Crippen LogP contribution in [0.1, 0.15) is 12.8 Å². The number of rotatable bonds is 1. The highest BCUT2D eigenvalue weighted by Crippen LogP contribution is 2.50. The molecule has 0 radical (unpaired) electrons. The van der Waals surface area contributed by atoms with Gasteiger partial charge in [-0.3, -0.25) is 0 Å². The van der Waals surface area contributed by atoms with Crippen molar-refractivity contribution in [2.45, 2.75) is 23.8 Å². The minimum atomic E-state index is 0.111. The molecule has 0 amide bonds. The van der Waals surface area contributed by atoms with E-state index in [1.54, 1.807) is 0 Å². The minimum absolute atomic E-state index is 0.111. The first-order valence-corrected chi connectivity index (χ1v) is 3.00. The first kappa shape index (κ1) is 4.16. The van der Waals surface area contributed by atoms with Crippen LogP contribution in [-0.2, 0) is 4.74 Å². The second-order valence-electron chi connectivity index (χ2n) is 2.36. The molecule has 1 aliphatic carbocycles. The first-order valence-electron chi connectivity index (χ1n) is 2.62. The molecule has 1 aliphatic heterocycles. The summed E-state index contributed by atoms with van der Waals surface area (Å²) in [4.78, 5) is 0.111. The average molecular weight is 119 g/mol. The van der Waals surface area contributed by atoms with E-state index in [1.807, 2.05) is 0 Å². The standard InChI is InChI=1S/C5H7ClO/c6-5(1-2-5)4-3-7-4/h4H,1-3H2. The smallest absolute Gasteiger partial charge is 0.100 e. The van der Waals surface area contributed by atoms with E-state index in [4.69, 9.17) is 16.3 Å². The predicted molar refractivity (Wildman–Crippen MR) is 27.6 cm³/mol. The number of ether oxygens (including phenoxy) is 1. The fourth-order valence-electron chi connectivity index (χ4n) is 0.788. The van der Waals surface area contributed by atoms with Gasteiger partial charge in [0.1, 0.15) is 6.10 Å². The van der Waals surface area contributed by atoms with Crippen LogP contribution in [0.3, 0.4) is 0 Å². The normalized spacial score (nSPS) is 43.3. The molecule has 1 nitrogen and oxygen atoms in total. The van der Waals surface area contributed by atoms with Crippen molar-refractivity contribution in [1.82, 2.24) is 0 Å². The molecule has 0 spiro atoms. The van der Waals surface area contributed by atoms with Gasteiger partial charge < -0.3 is 4.74 Å². The summed E-state index contributed by atoms with van der Waals surface area (Å²) in [6.07, 6.45) is 2.76. The van der Waals surface area contributed by atoms with Crippen molar-refractivity contribution in [3.05, 3.63) is 0 Å². The second kappa shape index (κ2) is 0.981. The van der Waals surface area contributed by atoms with Gasteiger partial charge >= 0.3 is 0 Å². The highest BCUT2D eigenvalue weighted by atomic mass is 35.5. The molecule has 2 heteroatoms. The maximum absolute atomic E-state index is 5.92. The van der Waals surface area contributed by atoms with Crippen LogP contribution in [0.5, 0.6) is 0 Å². The maximum atomic E-state index is 5.92. The molecule has 40 valence electrons. The van der Waals surface area contributed by atoms with E-state index in [9.17, 15) is 0 Å². The molecule has 0 aromatic heterocycles. The van der Waals surface area contributed by atoms with Crippen LogP contribution in [0.15, 0.2) is 0 Å². The topological polar surface area (TPSA) is 12.5 Å². The zero-order valence-corrected chi connectivity index (χ0v) is 4.74. The van der Waals surface area contributed by atoms with Gasteiger partial charge in [-0.25, -0.2) is 0 Å². The lowest BCUT2D eigenvalue weighted by molar-refractivity contribution is 0.396. The Morgan fingerprint density at radius 1 is 1.57 bits per heavy atom. The van der Waals surface area contributed by atoms with E-state index in [0.29, 0.717) is 6.10 Å². The molecule has 1 atom stereocenters. The van der Waals surface area contributed by atoms with Crippen molar-refractivity contribution in [2.24, 2.45) is 0 Å². The summed E-state index contributed by atoms with van der Waals surface area (Å²) in [5.74, 6) is 0. The molecule has 7 heavy (non-hydrogen) atoms. The van der Waals surface area contributed by atoms with Crippen molar-refractivity contribution in [1.29, 1.82) is 0 Å². The van der Waals surface area contributed by atoms with Gasteiger partial charge in [0.15, 0.2) is 0 Å². The molecule has 0 aromatic rings. The Kier molecular flexibility index (Phi) is 0.583. The second-order valence-corrected chi connectivity index (χ2v) is 3.11. The summed E-state index contributed by atoms with van der Waals surface area (Å²) in [6.45, 7) is 0.906. The third kappa shape index (κ3) is 0.556. The number of alkyl halides is 1. The van der Waals surface area contributed by atoms with Gasteiger partial charge in [0, 0.05) is 0 Å². The van der Waals surface area contributed by atoms with Crippen molar-refractivity contribution >= 4 is 11.6 Å². The SMILES string of the molecule is ClC1(C2CO2)CC1. The number of hydrogen-bond acceptors (Lipinski definition) is 1. The highest BCUT2D eigenvalue weighted by molar-refractivity contribution is 6.26. The monoisotopic (exact) mass is 118 g/mol. The molecule has 1 heterocycles. The van der Waals surface area contributed by atoms with Crippen molar-refractivity contribution in [3.8, 4) is 0 Å². The van der Waals surface area contributed by atoms with Crippen LogP contribution in [0, 0.1) is 0 Å². The molecule has 1 saturated carbocycles. The van der Waals surface area contributed by atoms with Crippen LogP contribution in [0.25, 0.3) is 0 Å². The highest BCUT2D eigenvalue weighted by Gasteiger charge is 2.54. The van der Waals surface area contributed by atoms with E-state index in [-0.39, 0.29) is 4.87 Å². The van der Waals surface area contributed by atoms with E-state index < -0.39 is 0 Å². The molecule has 0 N–H and O–H groups in total. The van der Waals surface area contributed by atoms with Crippen LogP contribution in [0.4, 0.5) is 0 Å². The lowest BCUT2D eigenvalue weighted by Gasteiger charge is -1.93. The molecule has 1 saturated heterocycles. The van der Waals surface area contributed by atoms with Gasteiger partial charge in [-0.15, -0.1) is 11.6 Å². The molecular weight excluding hydrogens is 112 g/mol. The predicted octanol–water partition coefficient (Wildman–Crippen LogP) is 1.16. The van der Waals surface area contributed by atoms with Crippen LogP contribution < -0.4 is 0 Å². The summed E-state index contributed by atoms with van der Waals surface area (Å²) in [7, 11) is 0. The number of hydrogen-bond donors (Lipinski definition) is 0.